The largest absolute Gasteiger partial charge is 0.465 e. The van der Waals surface area contributed by atoms with Gasteiger partial charge < -0.3 is 24.4 Å². The zero-order valence-electron chi connectivity index (χ0n) is 14.9. The lowest BCUT2D eigenvalue weighted by molar-refractivity contribution is -0.169. The zero-order valence-corrected chi connectivity index (χ0v) is 14.9. The van der Waals surface area contributed by atoms with Crippen molar-refractivity contribution in [1.82, 2.24) is 0 Å². The summed E-state index contributed by atoms with van der Waals surface area (Å²) in [6, 6.07) is 14.6. The predicted molar refractivity (Wildman–Crippen MR) is 97.0 cm³/mol. The molecule has 2 atom stereocenters. The highest BCUT2D eigenvalue weighted by molar-refractivity contribution is 5.91. The van der Waals surface area contributed by atoms with Crippen LogP contribution in [-0.2, 0) is 9.47 Å². The van der Waals surface area contributed by atoms with Crippen molar-refractivity contribution in [3.8, 4) is 16.9 Å². The van der Waals surface area contributed by atoms with Crippen molar-refractivity contribution in [2.45, 2.75) is 25.2 Å². The highest BCUT2D eigenvalue weighted by Gasteiger charge is 2.26. The van der Waals surface area contributed by atoms with Crippen molar-refractivity contribution >= 4 is 5.97 Å². The normalized spacial score (nSPS) is 19.1. The number of hydrogen-bond acceptors (Lipinski definition) is 6. The fourth-order valence-corrected chi connectivity index (χ4v) is 2.72. The Morgan fingerprint density at radius 2 is 1.92 bits per heavy atom. The van der Waals surface area contributed by atoms with Gasteiger partial charge in [0.15, 0.2) is 0 Å². The molecule has 1 heterocycles. The molecule has 2 unspecified atom stereocenters. The monoisotopic (exact) mass is 360 g/mol. The third-order valence-electron chi connectivity index (χ3n) is 3.97. The Morgan fingerprint density at radius 3 is 2.65 bits per heavy atom. The van der Waals surface area contributed by atoms with Crippen molar-refractivity contribution in [1.29, 1.82) is 0 Å². The van der Waals surface area contributed by atoms with Crippen molar-refractivity contribution in [3.05, 3.63) is 54.1 Å². The summed E-state index contributed by atoms with van der Waals surface area (Å²) in [6.45, 7) is 0.571. The molecule has 2 aromatic carbocycles. The summed E-state index contributed by atoms with van der Waals surface area (Å²) < 4.78 is 16.2. The highest BCUT2D eigenvalue weighted by atomic mass is 16.7. The van der Waals surface area contributed by atoms with Gasteiger partial charge in [-0.25, -0.2) is 4.79 Å². The molecule has 1 fully saturated rings. The average Bonchev–Trinajstić information content (AvgIpc) is 2.71. The number of rotatable bonds is 4. The van der Waals surface area contributed by atoms with Gasteiger partial charge in [-0.2, -0.15) is 0 Å². The van der Waals surface area contributed by atoms with Crippen molar-refractivity contribution in [3.63, 3.8) is 0 Å². The second-order valence-corrected chi connectivity index (χ2v) is 5.64. The van der Waals surface area contributed by atoms with Crippen LogP contribution in [0.5, 0.6) is 5.75 Å². The Morgan fingerprint density at radius 1 is 1.15 bits per heavy atom. The van der Waals surface area contributed by atoms with Gasteiger partial charge in [-0.05, 0) is 36.6 Å². The lowest BCUT2D eigenvalue weighted by Crippen LogP contribution is -2.38. The van der Waals surface area contributed by atoms with Crippen LogP contribution >= 0.6 is 0 Å². The lowest BCUT2D eigenvalue weighted by Gasteiger charge is -2.29. The molecule has 6 nitrogen and oxygen atoms in total. The second kappa shape index (κ2) is 9.91. The first kappa shape index (κ1) is 19.9. The van der Waals surface area contributed by atoms with Crippen LogP contribution in [0.25, 0.3) is 11.1 Å². The first-order valence-electron chi connectivity index (χ1n) is 8.38. The first-order chi connectivity index (χ1) is 12.7. The van der Waals surface area contributed by atoms with E-state index < -0.39 is 12.4 Å². The maximum absolute atomic E-state index is 11.7. The van der Waals surface area contributed by atoms with E-state index in [1.807, 2.05) is 30.3 Å². The molecule has 0 spiro atoms. The Labute approximate surface area is 152 Å². The van der Waals surface area contributed by atoms with Crippen molar-refractivity contribution in [2.24, 2.45) is 0 Å². The molecule has 6 heteroatoms. The van der Waals surface area contributed by atoms with Crippen LogP contribution in [0.3, 0.4) is 0 Å². The van der Waals surface area contributed by atoms with Gasteiger partial charge in [0.05, 0.1) is 19.3 Å². The Bertz CT molecular complexity index is 715. The van der Waals surface area contributed by atoms with Gasteiger partial charge in [0.1, 0.15) is 11.9 Å². The molecule has 0 radical (unpaired) electrons. The molecule has 0 aromatic heterocycles. The Hall–Kier alpha value is -2.41. The Kier molecular flexibility index (Phi) is 7.59. The van der Waals surface area contributed by atoms with Crippen LogP contribution in [0, 0.1) is 0 Å². The Balaban J connectivity index is 0.00000117. The molecule has 1 aliphatic heterocycles. The zero-order chi connectivity index (χ0) is 18.9. The van der Waals surface area contributed by atoms with Gasteiger partial charge in [0.2, 0.25) is 6.29 Å². The first-order valence-corrected chi connectivity index (χ1v) is 8.38. The fourth-order valence-electron chi connectivity index (χ4n) is 2.72. The summed E-state index contributed by atoms with van der Waals surface area (Å²) in [5, 5.41) is 17.0. The van der Waals surface area contributed by atoms with Crippen molar-refractivity contribution in [2.75, 3.05) is 20.8 Å². The summed E-state index contributed by atoms with van der Waals surface area (Å²) in [7, 11) is 2.36. The maximum Gasteiger partial charge on any atom is 0.337 e. The summed E-state index contributed by atoms with van der Waals surface area (Å²) in [6.07, 6.45) is 0.158. The van der Waals surface area contributed by atoms with Crippen LogP contribution in [0.2, 0.25) is 0 Å². The molecule has 140 valence electrons. The van der Waals surface area contributed by atoms with E-state index in [4.69, 9.17) is 19.3 Å². The topological polar surface area (TPSA) is 85.2 Å². The van der Waals surface area contributed by atoms with E-state index in [0.717, 1.165) is 24.7 Å². The molecule has 3 rings (SSSR count). The maximum atomic E-state index is 11.7. The van der Waals surface area contributed by atoms with Crippen LogP contribution in [0.4, 0.5) is 0 Å². The molecule has 0 bridgehead atoms. The molecular formula is C20H24O6. The van der Waals surface area contributed by atoms with E-state index in [-0.39, 0.29) is 5.97 Å². The third kappa shape index (κ3) is 4.82. The van der Waals surface area contributed by atoms with Gasteiger partial charge in [-0.1, -0.05) is 30.3 Å². The van der Waals surface area contributed by atoms with Crippen molar-refractivity contribution < 1.29 is 29.2 Å². The van der Waals surface area contributed by atoms with Crippen LogP contribution in [0.15, 0.2) is 48.5 Å². The van der Waals surface area contributed by atoms with Crippen LogP contribution in [-0.4, -0.2) is 49.4 Å². The number of ether oxygens (including phenoxy) is 3. The number of methoxy groups -OCH3 is 1. The van der Waals surface area contributed by atoms with E-state index in [9.17, 15) is 9.90 Å². The second-order valence-electron chi connectivity index (χ2n) is 5.64. The minimum absolute atomic E-state index is 0.388. The van der Waals surface area contributed by atoms with E-state index in [0.29, 0.717) is 24.3 Å². The van der Waals surface area contributed by atoms with Gasteiger partial charge in [-0.15, -0.1) is 0 Å². The number of esters is 1. The van der Waals surface area contributed by atoms with E-state index in [1.54, 1.807) is 18.2 Å². The summed E-state index contributed by atoms with van der Waals surface area (Å²) in [5.74, 6) is 0.215. The summed E-state index contributed by atoms with van der Waals surface area (Å²) >= 11 is 0. The van der Waals surface area contributed by atoms with Crippen LogP contribution < -0.4 is 4.74 Å². The number of aliphatic hydroxyl groups is 2. The lowest BCUT2D eigenvalue weighted by atomic mass is 10.0. The molecule has 1 saturated heterocycles. The van der Waals surface area contributed by atoms with Gasteiger partial charge in [0, 0.05) is 12.7 Å². The van der Waals surface area contributed by atoms with Crippen LogP contribution in [0.1, 0.15) is 23.2 Å². The number of carbonyl (C=O) groups is 1. The molecule has 1 aliphatic rings. The quantitative estimate of drug-likeness (QED) is 0.816. The number of benzene rings is 2. The minimum Gasteiger partial charge on any atom is -0.465 e. The average molecular weight is 360 g/mol. The fraction of sp³-hybridized carbons (Fsp3) is 0.350. The number of para-hydroxylation sites is 1. The van der Waals surface area contributed by atoms with Gasteiger partial charge >= 0.3 is 5.97 Å². The minimum atomic E-state index is -0.677. The van der Waals surface area contributed by atoms with E-state index >= 15 is 0 Å². The number of hydrogen-bond donors (Lipinski definition) is 2. The molecule has 2 aromatic rings. The van der Waals surface area contributed by atoms with E-state index in [1.165, 1.54) is 7.11 Å². The molecule has 26 heavy (non-hydrogen) atoms. The number of carbonyl (C=O) groups excluding carboxylic acids is 1. The molecule has 0 amide bonds. The summed E-state index contributed by atoms with van der Waals surface area (Å²) in [5.41, 5.74) is 2.13. The standard InChI is InChI=1S/C19H20O5.CH4O/c1-22-18(21)14-7-4-6-13(12-14)15-8-2-3-10-17(15)24-19-16(20)9-5-11-23-19;1-2/h2-4,6-8,10,12,16,19-20H,5,9,11H2,1H3;2H,1H3. The summed E-state index contributed by atoms with van der Waals surface area (Å²) in [4.78, 5) is 11.7. The number of aliphatic hydroxyl groups excluding tert-OH is 2. The molecule has 0 aliphatic carbocycles. The highest BCUT2D eigenvalue weighted by Crippen LogP contribution is 2.32. The van der Waals surface area contributed by atoms with E-state index in [2.05, 4.69) is 0 Å². The SMILES string of the molecule is CO.COC(=O)c1cccc(-c2ccccc2OC2OCCCC2O)c1. The molecular weight excluding hydrogens is 336 g/mol. The smallest absolute Gasteiger partial charge is 0.337 e. The van der Waals surface area contributed by atoms with Gasteiger partial charge in [-0.3, -0.25) is 0 Å². The molecule has 2 N–H and O–H groups in total. The predicted octanol–water partition coefficient (Wildman–Crippen LogP) is 2.62. The van der Waals surface area contributed by atoms with Gasteiger partial charge in [0.25, 0.3) is 0 Å². The third-order valence-corrected chi connectivity index (χ3v) is 3.97. The molecule has 0 saturated carbocycles.